The van der Waals surface area contributed by atoms with Crippen molar-refractivity contribution in [1.29, 1.82) is 0 Å². The molecule has 0 unspecified atom stereocenters. The van der Waals surface area contributed by atoms with E-state index in [2.05, 4.69) is 22.8 Å². The summed E-state index contributed by atoms with van der Waals surface area (Å²) in [5.74, 6) is 1.91. The summed E-state index contributed by atoms with van der Waals surface area (Å²) >= 11 is 0. The molecule has 0 N–H and O–H groups in total. The summed E-state index contributed by atoms with van der Waals surface area (Å²) in [7, 11) is 1.67. The monoisotopic (exact) mass is 331 g/mol. The Labute approximate surface area is 145 Å². The molecule has 0 atom stereocenters. The highest BCUT2D eigenvalue weighted by Gasteiger charge is 2.13. The van der Waals surface area contributed by atoms with Crippen molar-refractivity contribution in [2.24, 2.45) is 0 Å². The second kappa shape index (κ2) is 6.32. The van der Waals surface area contributed by atoms with Gasteiger partial charge in [0.25, 0.3) is 0 Å². The van der Waals surface area contributed by atoms with Gasteiger partial charge in [-0.25, -0.2) is 0 Å². The number of hydrogen-bond acceptors (Lipinski definition) is 3. The number of hydrogen-bond donors (Lipinski definition) is 0. The van der Waals surface area contributed by atoms with Crippen LogP contribution in [0.2, 0.25) is 0 Å². The van der Waals surface area contributed by atoms with E-state index in [0.717, 1.165) is 40.0 Å². The molecule has 0 spiro atoms. The zero-order chi connectivity index (χ0) is 17.2. The van der Waals surface area contributed by atoms with Gasteiger partial charge in [-0.2, -0.15) is 0 Å². The maximum atomic E-state index is 10.9. The van der Waals surface area contributed by atoms with Crippen molar-refractivity contribution in [3.05, 3.63) is 78.3 Å². The molecule has 4 heteroatoms. The van der Waals surface area contributed by atoms with Crippen LogP contribution in [0.15, 0.2) is 71.1 Å². The minimum Gasteiger partial charge on any atom is -0.497 e. The maximum absolute atomic E-state index is 10.9. The van der Waals surface area contributed by atoms with Crippen LogP contribution in [-0.2, 0) is 6.54 Å². The van der Waals surface area contributed by atoms with Gasteiger partial charge in [0, 0.05) is 16.6 Å². The second-order valence-corrected chi connectivity index (χ2v) is 5.83. The van der Waals surface area contributed by atoms with Gasteiger partial charge in [-0.15, -0.1) is 0 Å². The van der Waals surface area contributed by atoms with Crippen LogP contribution in [0.25, 0.3) is 22.2 Å². The molecule has 0 aliphatic carbocycles. The fourth-order valence-corrected chi connectivity index (χ4v) is 3.09. The third kappa shape index (κ3) is 2.83. The molecular weight excluding hydrogens is 314 g/mol. The average Bonchev–Trinajstić information content (AvgIpc) is 3.27. The molecule has 0 aliphatic heterocycles. The van der Waals surface area contributed by atoms with Crippen LogP contribution in [0.5, 0.6) is 5.75 Å². The van der Waals surface area contributed by atoms with Crippen molar-refractivity contribution in [2.75, 3.05) is 7.11 Å². The summed E-state index contributed by atoms with van der Waals surface area (Å²) in [5.41, 5.74) is 3.30. The predicted octanol–water partition coefficient (Wildman–Crippen LogP) is 4.77. The highest BCUT2D eigenvalue weighted by molar-refractivity contribution is 5.88. The SMILES string of the molecule is COc1ccc2c(c1)cc(-c1ccccc1)n2Cc1ccc(C=O)o1. The van der Waals surface area contributed by atoms with E-state index in [1.54, 1.807) is 13.2 Å². The fourth-order valence-electron chi connectivity index (χ4n) is 3.09. The Morgan fingerprint density at radius 2 is 1.88 bits per heavy atom. The lowest BCUT2D eigenvalue weighted by Gasteiger charge is -2.10. The first-order chi connectivity index (χ1) is 12.3. The van der Waals surface area contributed by atoms with Gasteiger partial charge in [-0.05, 0) is 42.0 Å². The van der Waals surface area contributed by atoms with Gasteiger partial charge < -0.3 is 13.7 Å². The number of benzene rings is 2. The molecule has 124 valence electrons. The van der Waals surface area contributed by atoms with Crippen LogP contribution in [0.4, 0.5) is 0 Å². The van der Waals surface area contributed by atoms with Gasteiger partial charge in [0.05, 0.1) is 13.7 Å². The molecule has 0 radical (unpaired) electrons. The van der Waals surface area contributed by atoms with E-state index in [4.69, 9.17) is 9.15 Å². The third-order valence-corrected chi connectivity index (χ3v) is 4.29. The summed E-state index contributed by atoms with van der Waals surface area (Å²) in [6.07, 6.45) is 0.722. The lowest BCUT2D eigenvalue weighted by atomic mass is 10.1. The molecule has 0 bridgehead atoms. The Bertz CT molecular complexity index is 1030. The molecule has 0 fully saturated rings. The number of aldehydes is 1. The average molecular weight is 331 g/mol. The van der Waals surface area contributed by atoms with Gasteiger partial charge in [0.1, 0.15) is 11.5 Å². The topological polar surface area (TPSA) is 44.4 Å². The number of rotatable bonds is 5. The van der Waals surface area contributed by atoms with Crippen LogP contribution in [-0.4, -0.2) is 18.0 Å². The van der Waals surface area contributed by atoms with Gasteiger partial charge in [0.2, 0.25) is 0 Å². The molecule has 0 amide bonds. The van der Waals surface area contributed by atoms with Crippen LogP contribution in [0.3, 0.4) is 0 Å². The van der Waals surface area contributed by atoms with Gasteiger partial charge in [-0.1, -0.05) is 30.3 Å². The Morgan fingerprint density at radius 1 is 1.04 bits per heavy atom. The molecule has 2 aromatic carbocycles. The number of methoxy groups -OCH3 is 1. The molecule has 0 saturated heterocycles. The maximum Gasteiger partial charge on any atom is 0.185 e. The highest BCUT2D eigenvalue weighted by atomic mass is 16.5. The molecule has 2 heterocycles. The quantitative estimate of drug-likeness (QED) is 0.495. The lowest BCUT2D eigenvalue weighted by Crippen LogP contribution is -2.00. The van der Waals surface area contributed by atoms with Crippen LogP contribution < -0.4 is 4.74 Å². The number of aromatic nitrogens is 1. The Hall–Kier alpha value is -3.27. The van der Waals surface area contributed by atoms with Crippen molar-refractivity contribution < 1.29 is 13.9 Å². The van der Waals surface area contributed by atoms with Crippen LogP contribution in [0, 0.1) is 0 Å². The van der Waals surface area contributed by atoms with Crippen molar-refractivity contribution >= 4 is 17.2 Å². The van der Waals surface area contributed by atoms with E-state index in [1.165, 1.54) is 0 Å². The summed E-state index contributed by atoms with van der Waals surface area (Å²) in [5, 5.41) is 1.10. The van der Waals surface area contributed by atoms with E-state index in [-0.39, 0.29) is 0 Å². The number of ether oxygens (including phenoxy) is 1. The summed E-state index contributed by atoms with van der Waals surface area (Å²) < 4.78 is 13.1. The van der Waals surface area contributed by atoms with Crippen molar-refractivity contribution in [2.45, 2.75) is 6.54 Å². The first-order valence-electron chi connectivity index (χ1n) is 8.05. The predicted molar refractivity (Wildman–Crippen MR) is 97.1 cm³/mol. The number of furan rings is 1. The minimum absolute atomic E-state index is 0.342. The normalized spacial score (nSPS) is 10.9. The molecule has 0 aliphatic rings. The summed E-state index contributed by atoms with van der Waals surface area (Å²) in [6, 6.07) is 21.9. The smallest absolute Gasteiger partial charge is 0.185 e. The molecule has 4 nitrogen and oxygen atoms in total. The van der Waals surface area contributed by atoms with Crippen molar-refractivity contribution in [3.63, 3.8) is 0 Å². The zero-order valence-corrected chi connectivity index (χ0v) is 13.8. The highest BCUT2D eigenvalue weighted by Crippen LogP contribution is 2.31. The first kappa shape index (κ1) is 15.3. The molecule has 4 rings (SSSR count). The van der Waals surface area contributed by atoms with E-state index in [1.807, 2.05) is 42.5 Å². The number of carbonyl (C=O) groups is 1. The third-order valence-electron chi connectivity index (χ3n) is 4.29. The lowest BCUT2D eigenvalue weighted by molar-refractivity contribution is 0.109. The summed E-state index contributed by atoms with van der Waals surface area (Å²) in [6.45, 7) is 0.550. The van der Waals surface area contributed by atoms with Crippen LogP contribution >= 0.6 is 0 Å². The Balaban J connectivity index is 1.88. The largest absolute Gasteiger partial charge is 0.497 e. The molecule has 2 aromatic heterocycles. The first-order valence-corrected chi connectivity index (χ1v) is 8.05. The van der Waals surface area contributed by atoms with Gasteiger partial charge >= 0.3 is 0 Å². The number of fused-ring (bicyclic) bond motifs is 1. The molecule has 25 heavy (non-hydrogen) atoms. The zero-order valence-electron chi connectivity index (χ0n) is 13.8. The van der Waals surface area contributed by atoms with Crippen molar-refractivity contribution in [1.82, 2.24) is 4.57 Å². The molecule has 4 aromatic rings. The summed E-state index contributed by atoms with van der Waals surface area (Å²) in [4.78, 5) is 10.9. The minimum atomic E-state index is 0.342. The Kier molecular flexibility index (Phi) is 3.86. The van der Waals surface area contributed by atoms with E-state index < -0.39 is 0 Å². The van der Waals surface area contributed by atoms with E-state index in [9.17, 15) is 4.79 Å². The fraction of sp³-hybridized carbons (Fsp3) is 0.0952. The van der Waals surface area contributed by atoms with E-state index >= 15 is 0 Å². The van der Waals surface area contributed by atoms with Crippen molar-refractivity contribution in [3.8, 4) is 17.0 Å². The standard InChI is InChI=1S/C21H17NO3/c1-24-17-9-10-20-16(11-17)12-21(15-5-3-2-4-6-15)22(20)13-18-7-8-19(14-23)25-18/h2-12,14H,13H2,1H3. The molecular formula is C21H17NO3. The number of carbonyl (C=O) groups excluding carboxylic acids is 1. The van der Waals surface area contributed by atoms with Crippen LogP contribution in [0.1, 0.15) is 16.3 Å². The second-order valence-electron chi connectivity index (χ2n) is 5.83. The molecule has 0 saturated carbocycles. The van der Waals surface area contributed by atoms with Gasteiger partial charge in [0.15, 0.2) is 12.0 Å². The van der Waals surface area contributed by atoms with E-state index in [0.29, 0.717) is 12.3 Å². The Morgan fingerprint density at radius 3 is 2.60 bits per heavy atom. The number of nitrogens with zero attached hydrogens (tertiary/aromatic N) is 1. The van der Waals surface area contributed by atoms with Gasteiger partial charge in [-0.3, -0.25) is 4.79 Å².